The van der Waals surface area contributed by atoms with Crippen molar-refractivity contribution >= 4 is 17.5 Å². The molecule has 0 unspecified atom stereocenters. The van der Waals surface area contributed by atoms with E-state index in [0.29, 0.717) is 12.2 Å². The highest BCUT2D eigenvalue weighted by atomic mass is 16.5. The summed E-state index contributed by atoms with van der Waals surface area (Å²) in [5, 5.41) is 3.06. The topological polar surface area (TPSA) is 67.9 Å². The number of nitrogens with one attached hydrogen (secondary N) is 1. The third-order valence-corrected chi connectivity index (χ3v) is 5.70. The normalized spacial score (nSPS) is 27.2. The second-order valence-corrected chi connectivity index (χ2v) is 7.81. The van der Waals surface area contributed by atoms with E-state index >= 15 is 0 Å². The van der Waals surface area contributed by atoms with Crippen molar-refractivity contribution in [2.24, 2.45) is 11.3 Å². The third-order valence-electron chi connectivity index (χ3n) is 5.70. The number of amides is 2. The Morgan fingerprint density at radius 3 is 2.54 bits per heavy atom. The van der Waals surface area contributed by atoms with E-state index in [2.05, 4.69) is 26.1 Å². The molecule has 3 rings (SSSR count). The molecule has 1 N–H and O–H groups in total. The van der Waals surface area contributed by atoms with Crippen LogP contribution in [0.1, 0.15) is 33.6 Å². The van der Waals surface area contributed by atoms with Crippen LogP contribution in [0.4, 0.5) is 5.69 Å². The molecule has 0 spiro atoms. The predicted octanol–water partition coefficient (Wildman–Crippen LogP) is 2.37. The first-order valence-electron chi connectivity index (χ1n) is 9.20. The molecule has 2 fully saturated rings. The minimum Gasteiger partial charge on any atom is -0.484 e. The predicted molar refractivity (Wildman–Crippen MR) is 99.2 cm³/mol. The van der Waals surface area contributed by atoms with Crippen molar-refractivity contribution in [1.29, 1.82) is 0 Å². The Bertz CT molecular complexity index is 671. The van der Waals surface area contributed by atoms with E-state index in [0.717, 1.165) is 18.7 Å². The molecule has 0 bridgehead atoms. The van der Waals surface area contributed by atoms with Crippen molar-refractivity contribution in [2.45, 2.75) is 45.8 Å². The fourth-order valence-electron chi connectivity index (χ4n) is 4.43. The Labute approximate surface area is 154 Å². The highest BCUT2D eigenvalue weighted by Gasteiger charge is 2.55. The average Bonchev–Trinajstić information content (AvgIpc) is 3.04. The van der Waals surface area contributed by atoms with Gasteiger partial charge in [-0.05, 0) is 30.7 Å². The lowest BCUT2D eigenvalue weighted by Crippen LogP contribution is -2.68. The number of nitrogens with zero attached hydrogens (tertiary/aromatic N) is 1. The summed E-state index contributed by atoms with van der Waals surface area (Å²) in [5.74, 6) is 0.912. The van der Waals surface area contributed by atoms with E-state index in [1.165, 1.54) is 0 Å². The first-order valence-corrected chi connectivity index (χ1v) is 9.20. The molecule has 1 heterocycles. The Morgan fingerprint density at radius 1 is 1.31 bits per heavy atom. The van der Waals surface area contributed by atoms with Crippen LogP contribution in [0, 0.1) is 11.3 Å². The van der Waals surface area contributed by atoms with Gasteiger partial charge in [-0.1, -0.05) is 20.8 Å². The molecule has 1 saturated carbocycles. The molecule has 3 atom stereocenters. The molecule has 1 aliphatic carbocycles. The molecule has 1 aromatic carbocycles. The number of carbonyl (C=O) groups excluding carboxylic acids is 2. The van der Waals surface area contributed by atoms with E-state index in [-0.39, 0.29) is 41.9 Å². The molecule has 6 heteroatoms. The molecule has 142 valence electrons. The smallest absolute Gasteiger partial charge is 0.258 e. The van der Waals surface area contributed by atoms with Gasteiger partial charge in [0.15, 0.2) is 6.61 Å². The lowest BCUT2D eigenvalue weighted by atomic mass is 9.58. The third kappa shape index (κ3) is 3.43. The number of hydrogen-bond acceptors (Lipinski definition) is 4. The van der Waals surface area contributed by atoms with Crippen LogP contribution in [-0.4, -0.2) is 44.2 Å². The summed E-state index contributed by atoms with van der Waals surface area (Å²) in [6, 6.07) is 7.39. The highest BCUT2D eigenvalue weighted by molar-refractivity contribution is 5.95. The molecule has 6 nitrogen and oxygen atoms in total. The van der Waals surface area contributed by atoms with Gasteiger partial charge in [0.25, 0.3) is 5.91 Å². The summed E-state index contributed by atoms with van der Waals surface area (Å²) in [4.78, 5) is 25.8. The lowest BCUT2D eigenvalue weighted by Gasteiger charge is -2.56. The summed E-state index contributed by atoms with van der Waals surface area (Å²) in [5.41, 5.74) is 0.785. The number of anilines is 1. The van der Waals surface area contributed by atoms with Crippen molar-refractivity contribution in [1.82, 2.24) is 5.32 Å². The largest absolute Gasteiger partial charge is 0.484 e. The van der Waals surface area contributed by atoms with Gasteiger partial charge in [0.05, 0.1) is 6.10 Å². The first-order chi connectivity index (χ1) is 12.3. The first kappa shape index (κ1) is 18.7. The van der Waals surface area contributed by atoms with Crippen LogP contribution in [0.15, 0.2) is 24.3 Å². The number of ether oxygens (including phenoxy) is 2. The number of benzene rings is 1. The maximum atomic E-state index is 12.2. The van der Waals surface area contributed by atoms with Gasteiger partial charge in [-0.25, -0.2) is 0 Å². The average molecular weight is 360 g/mol. The van der Waals surface area contributed by atoms with Gasteiger partial charge in [-0.2, -0.15) is 0 Å². The zero-order chi connectivity index (χ0) is 18.9. The van der Waals surface area contributed by atoms with Gasteiger partial charge in [0.2, 0.25) is 5.91 Å². The Morgan fingerprint density at radius 2 is 2.00 bits per heavy atom. The van der Waals surface area contributed by atoms with Crippen LogP contribution in [-0.2, 0) is 14.3 Å². The molecule has 2 aliphatic rings. The molecule has 1 aliphatic heterocycles. The maximum absolute atomic E-state index is 12.2. The molecule has 1 saturated heterocycles. The lowest BCUT2D eigenvalue weighted by molar-refractivity contribution is -0.155. The van der Waals surface area contributed by atoms with Gasteiger partial charge in [0, 0.05) is 43.1 Å². The zero-order valence-corrected chi connectivity index (χ0v) is 16.0. The summed E-state index contributed by atoms with van der Waals surface area (Å²) in [7, 11) is 1.71. The minimum absolute atomic E-state index is 0.0288. The Hall–Kier alpha value is -2.08. The fourth-order valence-corrected chi connectivity index (χ4v) is 4.43. The molecule has 0 radical (unpaired) electrons. The van der Waals surface area contributed by atoms with E-state index in [9.17, 15) is 9.59 Å². The van der Waals surface area contributed by atoms with Crippen LogP contribution >= 0.6 is 0 Å². The van der Waals surface area contributed by atoms with Crippen molar-refractivity contribution in [3.05, 3.63) is 24.3 Å². The van der Waals surface area contributed by atoms with Gasteiger partial charge in [-0.15, -0.1) is 0 Å². The number of hydrogen-bond donors (Lipinski definition) is 1. The van der Waals surface area contributed by atoms with Crippen LogP contribution < -0.4 is 15.0 Å². The SMILES string of the molecule is CO[C@@H]1[C@@H](C)[C@@H](NC(=O)COc2ccc(N3CCCC3=O)cc2)C1(C)C. The fraction of sp³-hybridized carbons (Fsp3) is 0.600. The zero-order valence-electron chi connectivity index (χ0n) is 16.0. The van der Waals surface area contributed by atoms with Crippen molar-refractivity contribution < 1.29 is 19.1 Å². The number of carbonyl (C=O) groups is 2. The summed E-state index contributed by atoms with van der Waals surface area (Å²) in [6.45, 7) is 7.03. The molecular weight excluding hydrogens is 332 g/mol. The Balaban J connectivity index is 1.50. The van der Waals surface area contributed by atoms with E-state index in [4.69, 9.17) is 9.47 Å². The Kier molecular flexibility index (Phi) is 5.23. The van der Waals surface area contributed by atoms with Crippen molar-refractivity contribution in [3.8, 4) is 5.75 Å². The van der Waals surface area contributed by atoms with Crippen LogP contribution in [0.5, 0.6) is 5.75 Å². The second-order valence-electron chi connectivity index (χ2n) is 7.81. The standard InChI is InChI=1S/C20H28N2O4/c1-13-18(20(2,3)19(13)25-4)21-16(23)12-26-15-9-7-14(8-10-15)22-11-5-6-17(22)24/h7-10,13,18-19H,5-6,11-12H2,1-4H3,(H,21,23)/t13-,18+,19+/m0/s1. The van der Waals surface area contributed by atoms with Gasteiger partial charge >= 0.3 is 0 Å². The highest BCUT2D eigenvalue weighted by Crippen LogP contribution is 2.46. The molecule has 0 aromatic heterocycles. The summed E-state index contributed by atoms with van der Waals surface area (Å²) < 4.78 is 11.1. The summed E-state index contributed by atoms with van der Waals surface area (Å²) >= 11 is 0. The van der Waals surface area contributed by atoms with E-state index in [1.807, 2.05) is 12.1 Å². The van der Waals surface area contributed by atoms with Gasteiger partial charge in [-0.3, -0.25) is 9.59 Å². The van der Waals surface area contributed by atoms with Crippen LogP contribution in [0.2, 0.25) is 0 Å². The van der Waals surface area contributed by atoms with Crippen LogP contribution in [0.25, 0.3) is 0 Å². The van der Waals surface area contributed by atoms with E-state index in [1.54, 1.807) is 24.1 Å². The minimum atomic E-state index is -0.136. The molecular formula is C20H28N2O4. The van der Waals surface area contributed by atoms with Gasteiger partial charge < -0.3 is 19.7 Å². The van der Waals surface area contributed by atoms with Gasteiger partial charge in [0.1, 0.15) is 5.75 Å². The molecule has 2 amide bonds. The monoisotopic (exact) mass is 360 g/mol. The molecule has 1 aromatic rings. The van der Waals surface area contributed by atoms with E-state index < -0.39 is 0 Å². The summed E-state index contributed by atoms with van der Waals surface area (Å²) in [6.07, 6.45) is 1.66. The second kappa shape index (κ2) is 7.27. The van der Waals surface area contributed by atoms with Crippen molar-refractivity contribution in [2.75, 3.05) is 25.2 Å². The number of rotatable bonds is 6. The number of methoxy groups -OCH3 is 1. The quantitative estimate of drug-likeness (QED) is 0.846. The molecule has 26 heavy (non-hydrogen) atoms. The van der Waals surface area contributed by atoms with Crippen LogP contribution in [0.3, 0.4) is 0 Å². The van der Waals surface area contributed by atoms with Crippen molar-refractivity contribution in [3.63, 3.8) is 0 Å². The maximum Gasteiger partial charge on any atom is 0.258 e.